The van der Waals surface area contributed by atoms with Crippen LogP contribution in [0.3, 0.4) is 0 Å². The number of benzene rings is 1. The van der Waals surface area contributed by atoms with Gasteiger partial charge in [-0.3, -0.25) is 9.69 Å². The first-order chi connectivity index (χ1) is 9.63. The zero-order valence-corrected chi connectivity index (χ0v) is 11.6. The Morgan fingerprint density at radius 2 is 2.15 bits per heavy atom. The smallest absolute Gasteiger partial charge is 0.411 e. The fourth-order valence-corrected chi connectivity index (χ4v) is 2.97. The van der Waals surface area contributed by atoms with Crippen molar-refractivity contribution in [3.05, 3.63) is 29.8 Å². The third-order valence-electron chi connectivity index (χ3n) is 4.24. The lowest BCUT2D eigenvalue weighted by Gasteiger charge is -2.30. The van der Waals surface area contributed by atoms with Crippen molar-refractivity contribution in [1.29, 1.82) is 0 Å². The minimum Gasteiger partial charge on any atom is -0.447 e. The maximum atomic E-state index is 12.5. The van der Waals surface area contributed by atoms with E-state index in [0.717, 1.165) is 17.7 Å². The Morgan fingerprint density at radius 1 is 1.40 bits per heavy atom. The highest BCUT2D eigenvalue weighted by Crippen LogP contribution is 2.38. The molecule has 1 N–H and O–H groups in total. The van der Waals surface area contributed by atoms with Crippen LogP contribution in [0.4, 0.5) is 10.5 Å². The van der Waals surface area contributed by atoms with E-state index in [1.807, 2.05) is 38.1 Å². The van der Waals surface area contributed by atoms with E-state index in [4.69, 9.17) is 4.74 Å². The number of nitrogens with one attached hydrogen (secondary N) is 1. The summed E-state index contributed by atoms with van der Waals surface area (Å²) in [7, 11) is 0. The highest BCUT2D eigenvalue weighted by atomic mass is 16.6. The first-order valence-corrected chi connectivity index (χ1v) is 6.98. The van der Waals surface area contributed by atoms with Crippen LogP contribution in [0.25, 0.3) is 0 Å². The van der Waals surface area contributed by atoms with Crippen molar-refractivity contribution in [3.8, 4) is 0 Å². The Morgan fingerprint density at radius 3 is 2.90 bits per heavy atom. The molecule has 2 aliphatic heterocycles. The first kappa shape index (κ1) is 13.0. The molecule has 3 rings (SSSR count). The van der Waals surface area contributed by atoms with E-state index in [-0.39, 0.29) is 17.9 Å². The molecule has 2 heterocycles. The van der Waals surface area contributed by atoms with E-state index in [2.05, 4.69) is 5.32 Å². The summed E-state index contributed by atoms with van der Waals surface area (Å²) in [6.07, 6.45) is 0.428. The second kappa shape index (κ2) is 4.81. The van der Waals surface area contributed by atoms with Gasteiger partial charge < -0.3 is 10.1 Å². The molecule has 0 spiro atoms. The SMILES string of the molecule is CC[C@H](C)[C@H]1C(=O)Nc2ccccc2C2COC(=O)N21. The van der Waals surface area contributed by atoms with Gasteiger partial charge in [-0.25, -0.2) is 4.79 Å². The van der Waals surface area contributed by atoms with Crippen LogP contribution >= 0.6 is 0 Å². The Bertz CT molecular complexity index is 558. The topological polar surface area (TPSA) is 58.6 Å². The van der Waals surface area contributed by atoms with Gasteiger partial charge in [-0.1, -0.05) is 38.5 Å². The molecule has 1 saturated heterocycles. The number of hydrogen-bond acceptors (Lipinski definition) is 3. The van der Waals surface area contributed by atoms with Crippen molar-refractivity contribution < 1.29 is 14.3 Å². The summed E-state index contributed by atoms with van der Waals surface area (Å²) in [6, 6.07) is 6.94. The van der Waals surface area contributed by atoms with E-state index in [9.17, 15) is 9.59 Å². The number of carbonyl (C=O) groups is 2. The van der Waals surface area contributed by atoms with Gasteiger partial charge in [-0.15, -0.1) is 0 Å². The molecule has 20 heavy (non-hydrogen) atoms. The van der Waals surface area contributed by atoms with E-state index in [1.165, 1.54) is 0 Å². The summed E-state index contributed by atoms with van der Waals surface area (Å²) >= 11 is 0. The lowest BCUT2D eigenvalue weighted by molar-refractivity contribution is -0.122. The number of anilines is 1. The Hall–Kier alpha value is -2.04. The molecule has 1 unspecified atom stereocenters. The molecule has 1 fully saturated rings. The minimum absolute atomic E-state index is 0.0810. The van der Waals surface area contributed by atoms with Gasteiger partial charge in [-0.2, -0.15) is 0 Å². The van der Waals surface area contributed by atoms with Crippen molar-refractivity contribution in [2.75, 3.05) is 11.9 Å². The molecular weight excluding hydrogens is 256 g/mol. The molecule has 5 heteroatoms. The lowest BCUT2D eigenvalue weighted by atomic mass is 9.96. The van der Waals surface area contributed by atoms with Gasteiger partial charge in [-0.05, 0) is 12.0 Å². The molecule has 0 radical (unpaired) electrons. The second-order valence-corrected chi connectivity index (χ2v) is 5.41. The predicted molar refractivity (Wildman–Crippen MR) is 74.2 cm³/mol. The largest absolute Gasteiger partial charge is 0.447 e. The van der Waals surface area contributed by atoms with E-state index < -0.39 is 12.1 Å². The van der Waals surface area contributed by atoms with Crippen LogP contribution in [0, 0.1) is 5.92 Å². The van der Waals surface area contributed by atoms with Crippen molar-refractivity contribution in [2.24, 2.45) is 5.92 Å². The predicted octanol–water partition coefficient (Wildman–Crippen LogP) is 2.55. The maximum Gasteiger partial charge on any atom is 0.411 e. The first-order valence-electron chi connectivity index (χ1n) is 6.98. The van der Waals surface area contributed by atoms with Gasteiger partial charge in [0, 0.05) is 11.3 Å². The fraction of sp³-hybridized carbons (Fsp3) is 0.467. The maximum absolute atomic E-state index is 12.5. The Balaban J connectivity index is 2.10. The van der Waals surface area contributed by atoms with Crippen LogP contribution in [0.1, 0.15) is 31.9 Å². The van der Waals surface area contributed by atoms with Crippen molar-refractivity contribution in [1.82, 2.24) is 4.90 Å². The van der Waals surface area contributed by atoms with Crippen LogP contribution in [-0.4, -0.2) is 29.5 Å². The highest BCUT2D eigenvalue weighted by Gasteiger charge is 2.46. The number of carbonyl (C=O) groups excluding carboxylic acids is 2. The van der Waals surface area contributed by atoms with Crippen LogP contribution < -0.4 is 5.32 Å². The number of cyclic esters (lactones) is 1. The summed E-state index contributed by atoms with van der Waals surface area (Å²) in [6.45, 7) is 4.31. The molecule has 2 aliphatic rings. The van der Waals surface area contributed by atoms with E-state index >= 15 is 0 Å². The van der Waals surface area contributed by atoms with Gasteiger partial charge in [0.1, 0.15) is 12.6 Å². The highest BCUT2D eigenvalue weighted by molar-refractivity contribution is 5.99. The number of nitrogens with zero attached hydrogens (tertiary/aromatic N) is 1. The Labute approximate surface area is 117 Å². The summed E-state index contributed by atoms with van der Waals surface area (Å²) in [5, 5.41) is 2.95. The molecule has 5 nitrogen and oxygen atoms in total. The fourth-order valence-electron chi connectivity index (χ4n) is 2.97. The monoisotopic (exact) mass is 274 g/mol. The molecule has 0 aliphatic carbocycles. The second-order valence-electron chi connectivity index (χ2n) is 5.41. The van der Waals surface area contributed by atoms with Gasteiger partial charge in [0.25, 0.3) is 0 Å². The van der Waals surface area contributed by atoms with E-state index in [1.54, 1.807) is 4.90 Å². The van der Waals surface area contributed by atoms with Gasteiger partial charge in [0.15, 0.2) is 0 Å². The van der Waals surface area contributed by atoms with Crippen LogP contribution in [-0.2, 0) is 9.53 Å². The third-order valence-corrected chi connectivity index (χ3v) is 4.24. The molecule has 0 bridgehead atoms. The number of hydrogen-bond donors (Lipinski definition) is 1. The molecular formula is C15H18N2O3. The number of para-hydroxylation sites is 1. The molecule has 2 amide bonds. The van der Waals surface area contributed by atoms with Crippen molar-refractivity contribution in [3.63, 3.8) is 0 Å². The molecule has 1 aromatic carbocycles. The summed E-state index contributed by atoms with van der Waals surface area (Å²) in [5.41, 5.74) is 1.72. The average Bonchev–Trinajstić information content (AvgIpc) is 2.75. The zero-order chi connectivity index (χ0) is 14.3. The standard InChI is InChI=1S/C15H18N2O3/c1-3-9(2)13-14(18)16-11-7-5-4-6-10(11)12-8-20-15(19)17(12)13/h4-7,9,12-13H,3,8H2,1-2H3,(H,16,18)/t9-,12?,13-/m0/s1. The number of fused-ring (bicyclic) bond motifs is 3. The van der Waals surface area contributed by atoms with Crippen LogP contribution in [0.5, 0.6) is 0 Å². The number of rotatable bonds is 2. The van der Waals surface area contributed by atoms with E-state index in [0.29, 0.717) is 6.61 Å². The van der Waals surface area contributed by atoms with Gasteiger partial charge in [0.2, 0.25) is 5.91 Å². The van der Waals surface area contributed by atoms with Crippen molar-refractivity contribution >= 4 is 17.7 Å². The van der Waals surface area contributed by atoms with Gasteiger partial charge in [0.05, 0.1) is 6.04 Å². The molecule has 3 atom stereocenters. The lowest BCUT2D eigenvalue weighted by Crippen LogP contribution is -2.47. The van der Waals surface area contributed by atoms with Crippen LogP contribution in [0.15, 0.2) is 24.3 Å². The summed E-state index contributed by atoms with van der Waals surface area (Å²) in [5.74, 6) is -0.0504. The molecule has 0 saturated carbocycles. The third kappa shape index (κ3) is 1.85. The average molecular weight is 274 g/mol. The number of ether oxygens (including phenoxy) is 1. The normalized spacial score (nSPS) is 26.2. The quantitative estimate of drug-likeness (QED) is 0.901. The molecule has 1 aromatic rings. The van der Waals surface area contributed by atoms with Crippen molar-refractivity contribution in [2.45, 2.75) is 32.4 Å². The summed E-state index contributed by atoms with van der Waals surface area (Å²) < 4.78 is 5.19. The van der Waals surface area contributed by atoms with Gasteiger partial charge >= 0.3 is 6.09 Å². The molecule has 106 valence electrons. The zero-order valence-electron chi connectivity index (χ0n) is 11.6. The van der Waals surface area contributed by atoms with Crippen LogP contribution in [0.2, 0.25) is 0 Å². The minimum atomic E-state index is -0.479. The summed E-state index contributed by atoms with van der Waals surface area (Å²) in [4.78, 5) is 26.2. The number of amides is 2. The molecule has 0 aromatic heterocycles. The Kier molecular flexibility index (Phi) is 3.12.